The molecule has 0 saturated heterocycles. The summed E-state index contributed by atoms with van der Waals surface area (Å²) in [5.41, 5.74) is 3.40. The first-order valence-electron chi connectivity index (χ1n) is 3.11. The molecule has 1 aliphatic rings. The van der Waals surface area contributed by atoms with Gasteiger partial charge < -0.3 is 0 Å². The van der Waals surface area contributed by atoms with Crippen molar-refractivity contribution in [2.45, 2.75) is 0 Å². The van der Waals surface area contributed by atoms with E-state index in [1.54, 1.807) is 0 Å². The lowest BCUT2D eigenvalue weighted by Crippen LogP contribution is -1.95. The van der Waals surface area contributed by atoms with Gasteiger partial charge in [-0.05, 0) is 30.2 Å². The minimum atomic E-state index is 0.824. The zero-order chi connectivity index (χ0) is 7.14. The zero-order valence-electron chi connectivity index (χ0n) is 5.39. The van der Waals surface area contributed by atoms with Crippen molar-refractivity contribution in [3.8, 4) is 0 Å². The Balaban J connectivity index is 2.64. The van der Waals surface area contributed by atoms with Gasteiger partial charge in [0.1, 0.15) is 0 Å². The van der Waals surface area contributed by atoms with Gasteiger partial charge in [-0.1, -0.05) is 23.7 Å². The summed E-state index contributed by atoms with van der Waals surface area (Å²) in [5.74, 6) is 0. The molecule has 49 valence electrons. The van der Waals surface area contributed by atoms with Gasteiger partial charge in [-0.25, -0.2) is 0 Å². The second kappa shape index (κ2) is 1.86. The predicted molar refractivity (Wildman–Crippen MR) is 44.7 cm³/mol. The first-order chi connectivity index (χ1) is 4.79. The van der Waals surface area contributed by atoms with Crippen LogP contribution in [-0.2, 0) is 0 Å². The van der Waals surface area contributed by atoms with E-state index in [2.05, 4.69) is 6.92 Å². The SMILES string of the molecule is [CH2]C1=Cc2c(Cl)cccc21. The Hall–Kier alpha value is -0.750. The maximum absolute atomic E-state index is 5.86. The van der Waals surface area contributed by atoms with Crippen LogP contribution in [0.2, 0.25) is 5.02 Å². The number of fused-ring (bicyclic) bond motifs is 1. The molecular formula is C9H6Cl. The summed E-state index contributed by atoms with van der Waals surface area (Å²) in [6.45, 7) is 3.83. The van der Waals surface area contributed by atoms with Crippen LogP contribution in [0.1, 0.15) is 11.1 Å². The molecule has 0 amide bonds. The van der Waals surface area contributed by atoms with Gasteiger partial charge in [-0.15, -0.1) is 0 Å². The minimum Gasteiger partial charge on any atom is -0.0837 e. The highest BCUT2D eigenvalue weighted by Crippen LogP contribution is 2.35. The number of rotatable bonds is 0. The van der Waals surface area contributed by atoms with Gasteiger partial charge in [0, 0.05) is 10.6 Å². The van der Waals surface area contributed by atoms with Crippen LogP contribution in [0, 0.1) is 6.92 Å². The summed E-state index contributed by atoms with van der Waals surface area (Å²) >= 11 is 5.86. The predicted octanol–water partition coefficient (Wildman–Crippen LogP) is 3.03. The van der Waals surface area contributed by atoms with E-state index in [9.17, 15) is 0 Å². The van der Waals surface area contributed by atoms with E-state index < -0.39 is 0 Å². The molecule has 0 nitrogen and oxygen atoms in total. The minimum absolute atomic E-state index is 0.824. The first kappa shape index (κ1) is 5.99. The fourth-order valence-electron chi connectivity index (χ4n) is 1.14. The molecule has 10 heavy (non-hydrogen) atoms. The van der Waals surface area contributed by atoms with Gasteiger partial charge in [0.2, 0.25) is 0 Å². The van der Waals surface area contributed by atoms with E-state index in [0.717, 1.165) is 16.2 Å². The van der Waals surface area contributed by atoms with E-state index in [4.69, 9.17) is 11.6 Å². The lowest BCUT2D eigenvalue weighted by molar-refractivity contribution is 1.54. The van der Waals surface area contributed by atoms with Crippen molar-refractivity contribution in [3.05, 3.63) is 41.3 Å². The molecule has 1 aromatic carbocycles. The quantitative estimate of drug-likeness (QED) is 0.532. The summed E-state index contributed by atoms with van der Waals surface area (Å²) in [6.07, 6.45) is 2.00. The third-order valence-electron chi connectivity index (χ3n) is 1.72. The van der Waals surface area contributed by atoms with Crippen molar-refractivity contribution in [1.29, 1.82) is 0 Å². The molecule has 2 rings (SSSR count). The standard InChI is InChI=1S/C9H6Cl/c1-6-5-8-7(6)3-2-4-9(8)10/h2-5H,1H2. The molecule has 0 spiro atoms. The molecule has 0 unspecified atom stereocenters. The number of halogens is 1. The summed E-state index contributed by atoms with van der Waals surface area (Å²) in [7, 11) is 0. The maximum atomic E-state index is 5.86. The third kappa shape index (κ3) is 0.627. The molecule has 0 fully saturated rings. The number of allylic oxidation sites excluding steroid dienone is 1. The van der Waals surface area contributed by atoms with Gasteiger partial charge in [-0.2, -0.15) is 0 Å². The van der Waals surface area contributed by atoms with E-state index in [1.165, 1.54) is 5.56 Å². The van der Waals surface area contributed by atoms with Gasteiger partial charge in [0.15, 0.2) is 0 Å². The number of benzene rings is 1. The normalized spacial score (nSPS) is 13.6. The summed E-state index contributed by atoms with van der Waals surface area (Å²) in [6, 6.07) is 5.87. The summed E-state index contributed by atoms with van der Waals surface area (Å²) < 4.78 is 0. The highest BCUT2D eigenvalue weighted by molar-refractivity contribution is 6.33. The second-order valence-corrected chi connectivity index (χ2v) is 2.78. The maximum Gasteiger partial charge on any atom is 0.0484 e. The lowest BCUT2D eigenvalue weighted by Gasteiger charge is -2.16. The van der Waals surface area contributed by atoms with Crippen LogP contribution in [-0.4, -0.2) is 0 Å². The van der Waals surface area contributed by atoms with E-state index in [0.29, 0.717) is 0 Å². The Morgan fingerprint density at radius 2 is 2.10 bits per heavy atom. The molecule has 1 aliphatic carbocycles. The zero-order valence-corrected chi connectivity index (χ0v) is 6.15. The topological polar surface area (TPSA) is 0 Å². The third-order valence-corrected chi connectivity index (χ3v) is 2.05. The average Bonchev–Trinajstić information content (AvgIpc) is 1.91. The van der Waals surface area contributed by atoms with E-state index in [1.807, 2.05) is 24.3 Å². The van der Waals surface area contributed by atoms with Crippen LogP contribution < -0.4 is 0 Å². The molecule has 1 heteroatoms. The molecule has 0 atom stereocenters. The molecule has 0 aromatic heterocycles. The Morgan fingerprint density at radius 1 is 1.30 bits per heavy atom. The highest BCUT2D eigenvalue weighted by atomic mass is 35.5. The molecule has 0 aliphatic heterocycles. The second-order valence-electron chi connectivity index (χ2n) is 2.37. The van der Waals surface area contributed by atoms with Crippen molar-refractivity contribution >= 4 is 23.3 Å². The Labute approximate surface area is 65.1 Å². The largest absolute Gasteiger partial charge is 0.0837 e. The Bertz CT molecular complexity index is 311. The Kier molecular flexibility index (Phi) is 1.12. The van der Waals surface area contributed by atoms with Crippen molar-refractivity contribution < 1.29 is 0 Å². The van der Waals surface area contributed by atoms with Crippen molar-refractivity contribution in [2.24, 2.45) is 0 Å². The molecule has 1 aromatic rings. The fraction of sp³-hybridized carbons (Fsp3) is 0. The average molecular weight is 150 g/mol. The molecule has 1 radical (unpaired) electrons. The number of hydrogen-bond donors (Lipinski definition) is 0. The lowest BCUT2D eigenvalue weighted by atomic mass is 9.90. The summed E-state index contributed by atoms with van der Waals surface area (Å²) in [5, 5.41) is 0.824. The van der Waals surface area contributed by atoms with Crippen LogP contribution in [0.15, 0.2) is 18.2 Å². The van der Waals surface area contributed by atoms with Crippen LogP contribution in [0.5, 0.6) is 0 Å². The molecule has 0 saturated carbocycles. The fourth-order valence-corrected chi connectivity index (χ4v) is 1.37. The van der Waals surface area contributed by atoms with Crippen LogP contribution >= 0.6 is 11.6 Å². The van der Waals surface area contributed by atoms with Crippen LogP contribution in [0.4, 0.5) is 0 Å². The van der Waals surface area contributed by atoms with Gasteiger partial charge in [0.25, 0.3) is 0 Å². The number of hydrogen-bond acceptors (Lipinski definition) is 0. The monoisotopic (exact) mass is 149 g/mol. The molecule has 0 heterocycles. The summed E-state index contributed by atoms with van der Waals surface area (Å²) in [4.78, 5) is 0. The van der Waals surface area contributed by atoms with Crippen molar-refractivity contribution in [3.63, 3.8) is 0 Å². The first-order valence-corrected chi connectivity index (χ1v) is 3.49. The molecule has 0 N–H and O–H groups in total. The van der Waals surface area contributed by atoms with E-state index >= 15 is 0 Å². The van der Waals surface area contributed by atoms with Gasteiger partial charge in [-0.3, -0.25) is 0 Å². The van der Waals surface area contributed by atoms with E-state index in [-0.39, 0.29) is 0 Å². The van der Waals surface area contributed by atoms with Crippen LogP contribution in [0.25, 0.3) is 11.6 Å². The van der Waals surface area contributed by atoms with Crippen molar-refractivity contribution in [1.82, 2.24) is 0 Å². The van der Waals surface area contributed by atoms with Crippen LogP contribution in [0.3, 0.4) is 0 Å². The Morgan fingerprint density at radius 3 is 2.70 bits per heavy atom. The van der Waals surface area contributed by atoms with Gasteiger partial charge in [0.05, 0.1) is 0 Å². The highest BCUT2D eigenvalue weighted by Gasteiger charge is 2.13. The molecular weight excluding hydrogens is 144 g/mol. The van der Waals surface area contributed by atoms with Crippen molar-refractivity contribution in [2.75, 3.05) is 0 Å². The molecule has 0 bridgehead atoms. The van der Waals surface area contributed by atoms with Gasteiger partial charge >= 0.3 is 0 Å². The smallest absolute Gasteiger partial charge is 0.0484 e.